The van der Waals surface area contributed by atoms with Crippen LogP contribution in [0.2, 0.25) is 0 Å². The highest BCUT2D eigenvalue weighted by Crippen LogP contribution is 2.26. The van der Waals surface area contributed by atoms with E-state index < -0.39 is 15.8 Å². The molecular formula is C13H17FN2O2S2. The van der Waals surface area contributed by atoms with Gasteiger partial charge in [-0.3, -0.25) is 0 Å². The second-order valence-corrected chi connectivity index (χ2v) is 7.40. The Kier molecular flexibility index (Phi) is 4.41. The number of sulfonamides is 1. The van der Waals surface area contributed by atoms with Gasteiger partial charge in [-0.25, -0.2) is 17.5 Å². The minimum atomic E-state index is -3.67. The summed E-state index contributed by atoms with van der Waals surface area (Å²) in [6.07, 6.45) is 2.65. The van der Waals surface area contributed by atoms with E-state index in [9.17, 15) is 12.8 Å². The molecule has 1 aliphatic carbocycles. The number of hydrogen-bond acceptors (Lipinski definition) is 3. The van der Waals surface area contributed by atoms with Crippen molar-refractivity contribution in [3.05, 3.63) is 29.6 Å². The molecule has 2 rings (SSSR count). The van der Waals surface area contributed by atoms with E-state index in [0.717, 1.165) is 25.3 Å². The SMILES string of the molecule is CC1CCC(NS(=O)(=O)c2ccc(F)c(C(N)=S)c2)C1. The normalized spacial score (nSPS) is 22.9. The average molecular weight is 316 g/mol. The van der Waals surface area contributed by atoms with Gasteiger partial charge in [0.1, 0.15) is 10.8 Å². The van der Waals surface area contributed by atoms with Gasteiger partial charge >= 0.3 is 0 Å². The maximum Gasteiger partial charge on any atom is 0.240 e. The van der Waals surface area contributed by atoms with Gasteiger partial charge in [-0.05, 0) is 43.4 Å². The predicted octanol–water partition coefficient (Wildman–Crippen LogP) is 1.93. The molecular weight excluding hydrogens is 299 g/mol. The first-order valence-electron chi connectivity index (χ1n) is 6.41. The van der Waals surface area contributed by atoms with Crippen molar-refractivity contribution in [1.82, 2.24) is 4.72 Å². The fraction of sp³-hybridized carbons (Fsp3) is 0.462. The van der Waals surface area contributed by atoms with Gasteiger partial charge < -0.3 is 5.73 Å². The van der Waals surface area contributed by atoms with Gasteiger partial charge in [0.25, 0.3) is 0 Å². The van der Waals surface area contributed by atoms with Crippen molar-refractivity contribution < 1.29 is 12.8 Å². The van der Waals surface area contributed by atoms with E-state index >= 15 is 0 Å². The number of benzene rings is 1. The fourth-order valence-corrected chi connectivity index (χ4v) is 3.93. The number of thiocarbonyl (C=S) groups is 1. The molecule has 7 heteroatoms. The molecule has 1 aromatic carbocycles. The van der Waals surface area contributed by atoms with Crippen LogP contribution in [0.15, 0.2) is 23.1 Å². The Labute approximate surface area is 123 Å². The molecule has 3 N–H and O–H groups in total. The highest BCUT2D eigenvalue weighted by Gasteiger charge is 2.27. The van der Waals surface area contributed by atoms with Crippen LogP contribution in [0.3, 0.4) is 0 Å². The molecule has 0 radical (unpaired) electrons. The highest BCUT2D eigenvalue weighted by molar-refractivity contribution is 7.89. The van der Waals surface area contributed by atoms with Gasteiger partial charge in [0, 0.05) is 11.6 Å². The van der Waals surface area contributed by atoms with Crippen LogP contribution in [0.4, 0.5) is 4.39 Å². The van der Waals surface area contributed by atoms with E-state index in [-0.39, 0.29) is 21.5 Å². The third-order valence-corrected chi connectivity index (χ3v) is 5.27. The minimum Gasteiger partial charge on any atom is -0.389 e. The monoisotopic (exact) mass is 316 g/mol. The summed E-state index contributed by atoms with van der Waals surface area (Å²) in [4.78, 5) is -0.171. The lowest BCUT2D eigenvalue weighted by atomic mass is 10.1. The van der Waals surface area contributed by atoms with Crippen molar-refractivity contribution in [2.45, 2.75) is 37.1 Å². The van der Waals surface area contributed by atoms with Gasteiger partial charge in [-0.1, -0.05) is 19.1 Å². The van der Waals surface area contributed by atoms with E-state index in [1.165, 1.54) is 12.1 Å². The van der Waals surface area contributed by atoms with Crippen molar-refractivity contribution in [2.24, 2.45) is 11.7 Å². The molecule has 0 spiro atoms. The average Bonchev–Trinajstić information content (AvgIpc) is 2.73. The maximum atomic E-state index is 13.5. The van der Waals surface area contributed by atoms with Crippen LogP contribution >= 0.6 is 12.2 Å². The predicted molar refractivity (Wildman–Crippen MR) is 79.4 cm³/mol. The summed E-state index contributed by atoms with van der Waals surface area (Å²) < 4.78 is 40.7. The largest absolute Gasteiger partial charge is 0.389 e. The van der Waals surface area contributed by atoms with Crippen LogP contribution in [0, 0.1) is 11.7 Å². The van der Waals surface area contributed by atoms with Crippen LogP contribution < -0.4 is 10.5 Å². The molecule has 2 atom stereocenters. The smallest absolute Gasteiger partial charge is 0.240 e. The van der Waals surface area contributed by atoms with Gasteiger partial charge in [0.15, 0.2) is 0 Å². The molecule has 1 fully saturated rings. The summed E-state index contributed by atoms with van der Waals surface area (Å²) in [7, 11) is -3.67. The van der Waals surface area contributed by atoms with Crippen LogP contribution in [0.25, 0.3) is 0 Å². The Hall–Kier alpha value is -1.05. The molecule has 4 nitrogen and oxygen atoms in total. The summed E-state index contributed by atoms with van der Waals surface area (Å²) in [6, 6.07) is 3.41. The molecule has 0 saturated heterocycles. The van der Waals surface area contributed by atoms with Gasteiger partial charge in [0.2, 0.25) is 10.0 Å². The molecule has 1 saturated carbocycles. The second kappa shape index (κ2) is 5.75. The number of rotatable bonds is 4. The zero-order chi connectivity index (χ0) is 14.9. The van der Waals surface area contributed by atoms with Crippen LogP contribution in [0.1, 0.15) is 31.7 Å². The van der Waals surface area contributed by atoms with Crippen molar-refractivity contribution in [3.63, 3.8) is 0 Å². The van der Waals surface area contributed by atoms with E-state index in [1.807, 2.05) is 0 Å². The van der Waals surface area contributed by atoms with Gasteiger partial charge in [0.05, 0.1) is 4.90 Å². The minimum absolute atomic E-state index is 0.0127. The Bertz CT molecular complexity index is 631. The van der Waals surface area contributed by atoms with Crippen LogP contribution in [-0.2, 0) is 10.0 Å². The summed E-state index contributed by atoms with van der Waals surface area (Å²) in [6.45, 7) is 2.09. The van der Waals surface area contributed by atoms with Crippen molar-refractivity contribution in [2.75, 3.05) is 0 Å². The zero-order valence-electron chi connectivity index (χ0n) is 11.1. The first kappa shape index (κ1) is 15.3. The lowest BCUT2D eigenvalue weighted by Crippen LogP contribution is -2.33. The van der Waals surface area contributed by atoms with Crippen molar-refractivity contribution >= 4 is 27.2 Å². The molecule has 2 unspecified atom stereocenters. The molecule has 1 aliphatic rings. The lowest BCUT2D eigenvalue weighted by Gasteiger charge is -2.13. The molecule has 0 amide bonds. The molecule has 0 aromatic heterocycles. The first-order chi connectivity index (χ1) is 9.29. The zero-order valence-corrected chi connectivity index (χ0v) is 12.7. The molecule has 0 aliphatic heterocycles. The van der Waals surface area contributed by atoms with Crippen molar-refractivity contribution in [1.29, 1.82) is 0 Å². The van der Waals surface area contributed by atoms with E-state index in [1.54, 1.807) is 0 Å². The maximum absolute atomic E-state index is 13.5. The number of nitrogens with one attached hydrogen (secondary N) is 1. The third-order valence-electron chi connectivity index (χ3n) is 3.53. The fourth-order valence-electron chi connectivity index (χ4n) is 2.46. The summed E-state index contributed by atoms with van der Waals surface area (Å²) in [5, 5.41) is 0. The highest BCUT2D eigenvalue weighted by atomic mass is 32.2. The summed E-state index contributed by atoms with van der Waals surface area (Å²) >= 11 is 4.71. The Morgan fingerprint density at radius 2 is 2.15 bits per heavy atom. The Morgan fingerprint density at radius 3 is 2.70 bits per heavy atom. The quantitative estimate of drug-likeness (QED) is 0.833. The van der Waals surface area contributed by atoms with Crippen LogP contribution in [0.5, 0.6) is 0 Å². The number of hydrogen-bond donors (Lipinski definition) is 2. The van der Waals surface area contributed by atoms with E-state index in [4.69, 9.17) is 18.0 Å². The van der Waals surface area contributed by atoms with Gasteiger partial charge in [-0.15, -0.1) is 0 Å². The molecule has 1 aromatic rings. The molecule has 0 heterocycles. The topological polar surface area (TPSA) is 72.2 Å². The first-order valence-corrected chi connectivity index (χ1v) is 8.30. The van der Waals surface area contributed by atoms with Crippen molar-refractivity contribution in [3.8, 4) is 0 Å². The summed E-state index contributed by atoms with van der Waals surface area (Å²) in [5.74, 6) is -0.103. The summed E-state index contributed by atoms with van der Waals surface area (Å²) in [5.41, 5.74) is 5.33. The van der Waals surface area contributed by atoms with Gasteiger partial charge in [-0.2, -0.15) is 0 Å². The molecule has 20 heavy (non-hydrogen) atoms. The standard InChI is InChI=1S/C13H17FN2O2S2/c1-8-2-3-9(6-8)16-20(17,18)10-4-5-12(14)11(7-10)13(15)19/h4-5,7-9,16H,2-3,6H2,1H3,(H2,15,19). The Morgan fingerprint density at radius 1 is 1.45 bits per heavy atom. The second-order valence-electron chi connectivity index (χ2n) is 5.24. The van der Waals surface area contributed by atoms with Crippen LogP contribution in [-0.4, -0.2) is 19.4 Å². The lowest BCUT2D eigenvalue weighted by molar-refractivity contribution is 0.538. The van der Waals surface area contributed by atoms with E-state index in [0.29, 0.717) is 5.92 Å². The number of halogens is 1. The van der Waals surface area contributed by atoms with E-state index in [2.05, 4.69) is 11.6 Å². The Balaban J connectivity index is 2.25. The third kappa shape index (κ3) is 3.34. The molecule has 110 valence electrons. The number of nitrogens with two attached hydrogens (primary N) is 1. The molecule has 0 bridgehead atoms.